The Kier molecular flexibility index (Phi) is 6.99. The first kappa shape index (κ1) is 21.5. The molecule has 0 radical (unpaired) electrons. The summed E-state index contributed by atoms with van der Waals surface area (Å²) in [4.78, 5) is 12.3. The summed E-state index contributed by atoms with van der Waals surface area (Å²) in [6.45, 7) is 4.37. The average Bonchev–Trinajstić information content (AvgIpc) is 3.05. The third-order valence-electron chi connectivity index (χ3n) is 4.80. The van der Waals surface area contributed by atoms with Crippen LogP contribution in [0.1, 0.15) is 18.9 Å². The normalized spacial score (nSPS) is 13.0. The van der Waals surface area contributed by atoms with Gasteiger partial charge in [0.15, 0.2) is 22.5 Å². The highest BCUT2D eigenvalue weighted by Crippen LogP contribution is 2.34. The second-order valence-electron chi connectivity index (χ2n) is 6.92. The first-order valence-corrected chi connectivity index (χ1v) is 11.5. The van der Waals surface area contributed by atoms with Gasteiger partial charge in [-0.3, -0.25) is 4.79 Å². The maximum atomic E-state index is 12.3. The van der Waals surface area contributed by atoms with E-state index in [1.54, 1.807) is 0 Å². The van der Waals surface area contributed by atoms with Gasteiger partial charge in [-0.1, -0.05) is 41.6 Å². The van der Waals surface area contributed by atoms with Crippen LogP contribution in [0, 0.1) is 0 Å². The molecule has 0 bridgehead atoms. The molecule has 0 atom stereocenters. The van der Waals surface area contributed by atoms with Crippen LogP contribution in [0.3, 0.4) is 0 Å². The molecule has 0 spiro atoms. The van der Waals surface area contributed by atoms with Crippen molar-refractivity contribution in [2.75, 3.05) is 19.0 Å². The molecule has 0 unspecified atom stereocenters. The van der Waals surface area contributed by atoms with Crippen molar-refractivity contribution >= 4 is 29.3 Å². The molecule has 0 saturated carbocycles. The van der Waals surface area contributed by atoms with Crippen LogP contribution in [0.5, 0.6) is 11.5 Å². The standard InChI is InChI=1S/C22H23ClN4O3S/c1-2-27-21(15-8-9-18-19(12-15)30-11-5-10-29-18)25-26-22(27)31-14-20(28)24-13-16-6-3-4-7-17(16)23/h3-4,6-9,12H,2,5,10-11,13-14H2,1H3,(H,24,28). The van der Waals surface area contributed by atoms with Crippen molar-refractivity contribution in [2.24, 2.45) is 0 Å². The van der Waals surface area contributed by atoms with Crippen molar-refractivity contribution in [3.63, 3.8) is 0 Å². The fraction of sp³-hybridized carbons (Fsp3) is 0.318. The predicted octanol–water partition coefficient (Wildman–Crippen LogP) is 4.19. The van der Waals surface area contributed by atoms with Gasteiger partial charge in [0.1, 0.15) is 0 Å². The third kappa shape index (κ3) is 5.14. The van der Waals surface area contributed by atoms with Crippen molar-refractivity contribution in [3.05, 3.63) is 53.1 Å². The van der Waals surface area contributed by atoms with Crippen LogP contribution in [-0.4, -0.2) is 39.6 Å². The number of hydrogen-bond acceptors (Lipinski definition) is 6. The maximum Gasteiger partial charge on any atom is 0.230 e. The smallest absolute Gasteiger partial charge is 0.230 e. The number of ether oxygens (including phenoxy) is 2. The molecule has 1 aliphatic rings. The number of thioether (sulfide) groups is 1. The van der Waals surface area contributed by atoms with Crippen molar-refractivity contribution in [3.8, 4) is 22.9 Å². The van der Waals surface area contributed by atoms with Gasteiger partial charge in [-0.05, 0) is 36.8 Å². The van der Waals surface area contributed by atoms with Gasteiger partial charge in [0.05, 0.1) is 19.0 Å². The highest BCUT2D eigenvalue weighted by atomic mass is 35.5. The van der Waals surface area contributed by atoms with E-state index < -0.39 is 0 Å². The van der Waals surface area contributed by atoms with Crippen molar-refractivity contribution in [1.29, 1.82) is 0 Å². The van der Waals surface area contributed by atoms with Gasteiger partial charge in [-0.25, -0.2) is 0 Å². The molecule has 2 heterocycles. The monoisotopic (exact) mass is 458 g/mol. The average molecular weight is 459 g/mol. The van der Waals surface area contributed by atoms with Gasteiger partial charge >= 0.3 is 0 Å². The molecule has 1 aliphatic heterocycles. The van der Waals surface area contributed by atoms with Gasteiger partial charge in [0, 0.05) is 30.1 Å². The van der Waals surface area contributed by atoms with Crippen molar-refractivity contribution in [2.45, 2.75) is 31.6 Å². The molecule has 1 amide bonds. The second-order valence-corrected chi connectivity index (χ2v) is 8.27. The zero-order valence-electron chi connectivity index (χ0n) is 17.1. The molecule has 3 aromatic rings. The highest BCUT2D eigenvalue weighted by Gasteiger charge is 2.18. The lowest BCUT2D eigenvalue weighted by molar-refractivity contribution is -0.118. The number of fused-ring (bicyclic) bond motifs is 1. The summed E-state index contributed by atoms with van der Waals surface area (Å²) < 4.78 is 13.5. The van der Waals surface area contributed by atoms with Gasteiger partial charge in [0.2, 0.25) is 5.91 Å². The Morgan fingerprint density at radius 3 is 2.77 bits per heavy atom. The molecule has 0 saturated heterocycles. The molecule has 7 nitrogen and oxygen atoms in total. The Balaban J connectivity index is 1.42. The molecule has 4 rings (SSSR count). The molecule has 0 aliphatic carbocycles. The molecule has 9 heteroatoms. The van der Waals surface area contributed by atoms with E-state index in [-0.39, 0.29) is 11.7 Å². The largest absolute Gasteiger partial charge is 0.490 e. The molecule has 2 aromatic carbocycles. The van der Waals surface area contributed by atoms with Crippen LogP contribution in [0.25, 0.3) is 11.4 Å². The summed E-state index contributed by atoms with van der Waals surface area (Å²) in [7, 11) is 0. The summed E-state index contributed by atoms with van der Waals surface area (Å²) in [5.41, 5.74) is 1.78. The minimum atomic E-state index is -0.0901. The third-order valence-corrected chi connectivity index (χ3v) is 6.14. The van der Waals surface area contributed by atoms with Crippen LogP contribution in [0.2, 0.25) is 5.02 Å². The number of carbonyl (C=O) groups is 1. The first-order chi connectivity index (χ1) is 15.2. The number of carbonyl (C=O) groups excluding carboxylic acids is 1. The second kappa shape index (κ2) is 10.1. The van der Waals surface area contributed by atoms with Gasteiger partial charge in [-0.2, -0.15) is 0 Å². The minimum absolute atomic E-state index is 0.0901. The van der Waals surface area contributed by atoms with E-state index in [0.29, 0.717) is 42.2 Å². The fourth-order valence-corrected chi connectivity index (χ4v) is 4.25. The predicted molar refractivity (Wildman–Crippen MR) is 121 cm³/mol. The Bertz CT molecular complexity index is 1070. The topological polar surface area (TPSA) is 78.3 Å². The Morgan fingerprint density at radius 1 is 1.16 bits per heavy atom. The lowest BCUT2D eigenvalue weighted by atomic mass is 10.2. The Morgan fingerprint density at radius 2 is 1.97 bits per heavy atom. The fourth-order valence-electron chi connectivity index (χ4n) is 3.21. The number of aromatic nitrogens is 3. The van der Waals surface area contributed by atoms with Crippen LogP contribution >= 0.6 is 23.4 Å². The number of benzene rings is 2. The zero-order valence-corrected chi connectivity index (χ0v) is 18.7. The SMILES string of the molecule is CCn1c(SCC(=O)NCc2ccccc2Cl)nnc1-c1ccc2c(c1)OCCCO2. The summed E-state index contributed by atoms with van der Waals surface area (Å²) >= 11 is 7.49. The number of amides is 1. The lowest BCUT2D eigenvalue weighted by Crippen LogP contribution is -2.24. The van der Waals surface area contributed by atoms with E-state index in [4.69, 9.17) is 21.1 Å². The summed E-state index contributed by atoms with van der Waals surface area (Å²) in [5, 5.41) is 12.9. The van der Waals surface area contributed by atoms with E-state index in [1.165, 1.54) is 11.8 Å². The Labute approximate surface area is 190 Å². The number of nitrogens with zero attached hydrogens (tertiary/aromatic N) is 3. The van der Waals surface area contributed by atoms with Crippen molar-refractivity contribution < 1.29 is 14.3 Å². The maximum absolute atomic E-state index is 12.3. The van der Waals surface area contributed by atoms with Crippen LogP contribution in [0.4, 0.5) is 0 Å². The van der Waals surface area contributed by atoms with Crippen molar-refractivity contribution in [1.82, 2.24) is 20.1 Å². The summed E-state index contributed by atoms with van der Waals surface area (Å²) in [6, 6.07) is 13.2. The van der Waals surface area contributed by atoms with Gasteiger partial charge in [0.25, 0.3) is 0 Å². The number of nitrogens with one attached hydrogen (secondary N) is 1. The molecular formula is C22H23ClN4O3S. The summed E-state index contributed by atoms with van der Waals surface area (Å²) in [6.07, 6.45) is 0.856. The molecule has 1 N–H and O–H groups in total. The van der Waals surface area contributed by atoms with E-state index in [0.717, 1.165) is 29.1 Å². The summed E-state index contributed by atoms with van der Waals surface area (Å²) in [5.74, 6) is 2.34. The van der Waals surface area contributed by atoms with Gasteiger partial charge in [-0.15, -0.1) is 10.2 Å². The van der Waals surface area contributed by atoms with Crippen LogP contribution in [-0.2, 0) is 17.9 Å². The highest BCUT2D eigenvalue weighted by molar-refractivity contribution is 7.99. The molecule has 0 fully saturated rings. The number of rotatable bonds is 7. The van der Waals surface area contributed by atoms with E-state index in [9.17, 15) is 4.79 Å². The molecule has 31 heavy (non-hydrogen) atoms. The van der Waals surface area contributed by atoms with Crippen LogP contribution in [0.15, 0.2) is 47.6 Å². The van der Waals surface area contributed by atoms with E-state index in [2.05, 4.69) is 15.5 Å². The lowest BCUT2D eigenvalue weighted by Gasteiger charge is -2.11. The number of halogens is 1. The van der Waals surface area contributed by atoms with E-state index in [1.807, 2.05) is 54.0 Å². The Hall–Kier alpha value is -2.71. The minimum Gasteiger partial charge on any atom is -0.490 e. The molecule has 1 aromatic heterocycles. The quantitative estimate of drug-likeness (QED) is 0.535. The van der Waals surface area contributed by atoms with Gasteiger partial charge < -0.3 is 19.4 Å². The van der Waals surface area contributed by atoms with E-state index >= 15 is 0 Å². The molecule has 162 valence electrons. The first-order valence-electron chi connectivity index (χ1n) is 10.1. The molecular weight excluding hydrogens is 436 g/mol. The zero-order chi connectivity index (χ0) is 21.6. The van der Waals surface area contributed by atoms with Crippen LogP contribution < -0.4 is 14.8 Å². The number of hydrogen-bond donors (Lipinski definition) is 1.